The van der Waals surface area contributed by atoms with Gasteiger partial charge < -0.3 is 0 Å². The number of hydrogen-bond acceptors (Lipinski definition) is 3. The first-order valence-electron chi connectivity index (χ1n) is 6.28. The Morgan fingerprint density at radius 2 is 1.95 bits per heavy atom. The maximum absolute atomic E-state index is 12.3. The van der Waals surface area contributed by atoms with Gasteiger partial charge in [-0.3, -0.25) is 0 Å². The molecule has 6 heteroatoms. The van der Waals surface area contributed by atoms with E-state index in [0.717, 1.165) is 12.8 Å². The van der Waals surface area contributed by atoms with E-state index in [4.69, 9.17) is 0 Å². The zero-order valence-electron chi connectivity index (χ0n) is 10.9. The number of halogens is 1. The summed E-state index contributed by atoms with van der Waals surface area (Å²) in [6, 6.07) is 6.91. The molecule has 0 spiro atoms. The van der Waals surface area contributed by atoms with E-state index in [1.165, 1.54) is 12.8 Å². The average Bonchev–Trinajstić information content (AvgIpc) is 2.86. The van der Waals surface area contributed by atoms with Gasteiger partial charge >= 0.3 is 0 Å². The van der Waals surface area contributed by atoms with Crippen molar-refractivity contribution in [2.24, 2.45) is 0 Å². The molecule has 1 saturated carbocycles. The van der Waals surface area contributed by atoms with Crippen LogP contribution in [0.3, 0.4) is 0 Å². The van der Waals surface area contributed by atoms with Crippen LogP contribution in [-0.2, 0) is 10.0 Å². The molecule has 0 radical (unpaired) electrons. The van der Waals surface area contributed by atoms with Crippen LogP contribution in [0.2, 0.25) is 0 Å². The van der Waals surface area contributed by atoms with Crippen molar-refractivity contribution >= 4 is 37.7 Å². The Bertz CT molecular complexity index is 539. The first-order valence-corrected chi connectivity index (χ1v) is 9.79. The third-order valence-electron chi connectivity index (χ3n) is 3.66. The lowest BCUT2D eigenvalue weighted by atomic mass is 10.1. The Kier molecular flexibility index (Phi) is 4.98. The molecule has 1 N–H and O–H groups in total. The molecule has 0 saturated heterocycles. The lowest BCUT2D eigenvalue weighted by molar-refractivity contribution is 0.551. The van der Waals surface area contributed by atoms with E-state index < -0.39 is 10.0 Å². The standard InChI is InChI=1S/C13H18BrNO2S2/c1-18-13(8-4-5-9-13)10-15-19(16,17)12-7-3-2-6-11(12)14/h2-3,6-7,15H,4-5,8-10H2,1H3. The highest BCUT2D eigenvalue weighted by Crippen LogP contribution is 2.39. The second kappa shape index (κ2) is 6.16. The molecule has 1 fully saturated rings. The second-order valence-electron chi connectivity index (χ2n) is 4.85. The van der Waals surface area contributed by atoms with Crippen molar-refractivity contribution in [1.82, 2.24) is 4.72 Å². The molecule has 106 valence electrons. The molecular weight excluding hydrogens is 346 g/mol. The molecule has 0 atom stereocenters. The minimum atomic E-state index is -3.44. The highest BCUT2D eigenvalue weighted by molar-refractivity contribution is 9.10. The molecule has 19 heavy (non-hydrogen) atoms. The number of hydrogen-bond donors (Lipinski definition) is 1. The molecule has 1 aromatic carbocycles. The van der Waals surface area contributed by atoms with Crippen LogP contribution >= 0.6 is 27.7 Å². The Morgan fingerprint density at radius 1 is 1.32 bits per heavy atom. The van der Waals surface area contributed by atoms with Gasteiger partial charge in [0.1, 0.15) is 0 Å². The third-order valence-corrected chi connectivity index (χ3v) is 7.49. The molecule has 0 bridgehead atoms. The number of thioether (sulfide) groups is 1. The van der Waals surface area contributed by atoms with Gasteiger partial charge in [-0.25, -0.2) is 13.1 Å². The zero-order valence-corrected chi connectivity index (χ0v) is 14.1. The number of rotatable bonds is 5. The van der Waals surface area contributed by atoms with Crippen LogP contribution in [0.4, 0.5) is 0 Å². The van der Waals surface area contributed by atoms with Gasteiger partial charge in [0.25, 0.3) is 0 Å². The summed E-state index contributed by atoms with van der Waals surface area (Å²) in [6.07, 6.45) is 6.63. The van der Waals surface area contributed by atoms with E-state index in [9.17, 15) is 8.42 Å². The van der Waals surface area contributed by atoms with Gasteiger partial charge in [0.05, 0.1) is 4.90 Å². The molecule has 0 aliphatic heterocycles. The van der Waals surface area contributed by atoms with E-state index in [-0.39, 0.29) is 4.75 Å². The minimum Gasteiger partial charge on any atom is -0.210 e. The summed E-state index contributed by atoms with van der Waals surface area (Å²) in [5.41, 5.74) is 0. The van der Waals surface area contributed by atoms with Gasteiger partial charge in [-0.05, 0) is 47.2 Å². The van der Waals surface area contributed by atoms with Crippen LogP contribution in [0.15, 0.2) is 33.6 Å². The van der Waals surface area contributed by atoms with Gasteiger partial charge in [-0.2, -0.15) is 11.8 Å². The number of benzene rings is 1. The SMILES string of the molecule is CSC1(CNS(=O)(=O)c2ccccc2Br)CCCC1. The minimum absolute atomic E-state index is 0.0777. The van der Waals surface area contributed by atoms with Gasteiger partial charge in [0, 0.05) is 15.8 Å². The lowest BCUT2D eigenvalue weighted by Gasteiger charge is -2.26. The van der Waals surface area contributed by atoms with Crippen molar-refractivity contribution in [2.75, 3.05) is 12.8 Å². The normalized spacial score (nSPS) is 18.6. The predicted octanol–water partition coefficient (Wildman–Crippen LogP) is 3.40. The maximum Gasteiger partial charge on any atom is 0.241 e. The van der Waals surface area contributed by atoms with Gasteiger partial charge in [-0.15, -0.1) is 0 Å². The fraction of sp³-hybridized carbons (Fsp3) is 0.538. The molecule has 2 rings (SSSR count). The Balaban J connectivity index is 2.12. The first-order chi connectivity index (χ1) is 8.99. The van der Waals surface area contributed by atoms with Crippen molar-refractivity contribution in [1.29, 1.82) is 0 Å². The molecule has 0 amide bonds. The fourth-order valence-electron chi connectivity index (χ4n) is 2.44. The molecule has 0 aromatic heterocycles. The monoisotopic (exact) mass is 363 g/mol. The summed E-state index contributed by atoms with van der Waals surface area (Å²) >= 11 is 5.07. The van der Waals surface area contributed by atoms with E-state index >= 15 is 0 Å². The van der Waals surface area contributed by atoms with Crippen LogP contribution in [-0.4, -0.2) is 26.0 Å². The molecule has 0 heterocycles. The largest absolute Gasteiger partial charge is 0.241 e. The van der Waals surface area contributed by atoms with Crippen molar-refractivity contribution in [3.63, 3.8) is 0 Å². The van der Waals surface area contributed by atoms with E-state index in [2.05, 4.69) is 26.9 Å². The molecular formula is C13H18BrNO2S2. The van der Waals surface area contributed by atoms with Crippen molar-refractivity contribution < 1.29 is 8.42 Å². The van der Waals surface area contributed by atoms with Gasteiger partial charge in [0.2, 0.25) is 10.0 Å². The van der Waals surface area contributed by atoms with Crippen LogP contribution in [0.5, 0.6) is 0 Å². The lowest BCUT2D eigenvalue weighted by Crippen LogP contribution is -2.38. The quantitative estimate of drug-likeness (QED) is 0.871. The maximum atomic E-state index is 12.3. The summed E-state index contributed by atoms with van der Waals surface area (Å²) in [4.78, 5) is 0.309. The van der Waals surface area contributed by atoms with Gasteiger partial charge in [-0.1, -0.05) is 25.0 Å². The van der Waals surface area contributed by atoms with Crippen LogP contribution < -0.4 is 4.72 Å². The smallest absolute Gasteiger partial charge is 0.210 e. The highest BCUT2D eigenvalue weighted by Gasteiger charge is 2.34. The summed E-state index contributed by atoms with van der Waals surface area (Å²) in [6.45, 7) is 0.512. The molecule has 0 unspecified atom stereocenters. The summed E-state index contributed by atoms with van der Waals surface area (Å²) in [5.74, 6) is 0. The van der Waals surface area contributed by atoms with E-state index in [1.807, 2.05) is 6.07 Å². The van der Waals surface area contributed by atoms with Crippen LogP contribution in [0, 0.1) is 0 Å². The molecule has 1 aromatic rings. The Labute approximate surface area is 127 Å². The number of nitrogens with one attached hydrogen (secondary N) is 1. The molecule has 1 aliphatic rings. The summed E-state index contributed by atoms with van der Waals surface area (Å²) in [5, 5.41) is 0. The zero-order chi connectivity index (χ0) is 13.9. The van der Waals surface area contributed by atoms with Crippen LogP contribution in [0.1, 0.15) is 25.7 Å². The van der Waals surface area contributed by atoms with Crippen molar-refractivity contribution in [3.8, 4) is 0 Å². The van der Waals surface area contributed by atoms with Gasteiger partial charge in [0.15, 0.2) is 0 Å². The molecule has 1 aliphatic carbocycles. The fourth-order valence-corrected chi connectivity index (χ4v) is 5.57. The third kappa shape index (κ3) is 3.54. The summed E-state index contributed by atoms with van der Waals surface area (Å²) in [7, 11) is -3.44. The van der Waals surface area contributed by atoms with Crippen molar-refractivity contribution in [3.05, 3.63) is 28.7 Å². The number of sulfonamides is 1. The Morgan fingerprint density at radius 3 is 2.53 bits per heavy atom. The van der Waals surface area contributed by atoms with Crippen molar-refractivity contribution in [2.45, 2.75) is 35.3 Å². The molecule has 3 nitrogen and oxygen atoms in total. The second-order valence-corrected chi connectivity index (χ2v) is 8.71. The average molecular weight is 364 g/mol. The van der Waals surface area contributed by atoms with E-state index in [0.29, 0.717) is 15.9 Å². The predicted molar refractivity (Wildman–Crippen MR) is 84.0 cm³/mol. The topological polar surface area (TPSA) is 46.2 Å². The van der Waals surface area contributed by atoms with E-state index in [1.54, 1.807) is 30.0 Å². The highest BCUT2D eigenvalue weighted by atomic mass is 79.9. The summed E-state index contributed by atoms with van der Waals surface area (Å²) < 4.78 is 28.1. The Hall–Kier alpha value is -0.0400. The first kappa shape index (κ1) is 15.4. The van der Waals surface area contributed by atoms with Crippen LogP contribution in [0.25, 0.3) is 0 Å².